The molecule has 0 radical (unpaired) electrons. The number of benzene rings is 1. The fourth-order valence-corrected chi connectivity index (χ4v) is 1.60. The standard InChI is InChI=1S/C8H5N3OS/c1-5-2-7-8(11-13-10-7)3-6(5)9-4-12/h2-3H,1H3. The summed E-state index contributed by atoms with van der Waals surface area (Å²) in [6.45, 7) is 1.87. The van der Waals surface area contributed by atoms with Gasteiger partial charge < -0.3 is 0 Å². The number of aromatic nitrogens is 2. The fraction of sp³-hybridized carbons (Fsp3) is 0.125. The molecular formula is C8H5N3OS. The molecule has 1 heterocycles. The first-order chi connectivity index (χ1) is 6.31. The number of isocyanates is 1. The molecule has 0 aliphatic carbocycles. The number of hydrogen-bond donors (Lipinski definition) is 0. The third-order valence-electron chi connectivity index (χ3n) is 1.74. The molecule has 0 atom stereocenters. The van der Waals surface area contributed by atoms with Crippen LogP contribution in [0.3, 0.4) is 0 Å². The molecule has 0 bridgehead atoms. The lowest BCUT2D eigenvalue weighted by Gasteiger charge is -1.95. The molecule has 2 aromatic rings. The van der Waals surface area contributed by atoms with Gasteiger partial charge in [0, 0.05) is 0 Å². The van der Waals surface area contributed by atoms with Crippen LogP contribution in [0.15, 0.2) is 17.1 Å². The van der Waals surface area contributed by atoms with E-state index in [9.17, 15) is 4.79 Å². The van der Waals surface area contributed by atoms with E-state index in [0.717, 1.165) is 28.3 Å². The first-order valence-corrected chi connectivity index (χ1v) is 4.35. The third kappa shape index (κ3) is 1.35. The molecule has 0 fully saturated rings. The Hall–Kier alpha value is -1.58. The summed E-state index contributed by atoms with van der Waals surface area (Å²) in [6, 6.07) is 3.59. The van der Waals surface area contributed by atoms with E-state index in [0.29, 0.717) is 5.69 Å². The highest BCUT2D eigenvalue weighted by Gasteiger charge is 2.03. The molecule has 64 valence electrons. The normalized spacial score (nSPS) is 9.92. The maximum atomic E-state index is 10.1. The average Bonchev–Trinajstić information content (AvgIpc) is 2.52. The number of hydrogen-bond acceptors (Lipinski definition) is 5. The largest absolute Gasteiger partial charge is 0.240 e. The van der Waals surface area contributed by atoms with Crippen molar-refractivity contribution in [3.63, 3.8) is 0 Å². The lowest BCUT2D eigenvalue weighted by atomic mass is 10.2. The molecule has 0 spiro atoms. The Morgan fingerprint density at radius 2 is 2.08 bits per heavy atom. The summed E-state index contributed by atoms with van der Waals surface area (Å²) < 4.78 is 8.11. The maximum Gasteiger partial charge on any atom is 0.240 e. The van der Waals surface area contributed by atoms with Gasteiger partial charge in [-0.1, -0.05) is 0 Å². The van der Waals surface area contributed by atoms with Gasteiger partial charge in [-0.3, -0.25) is 0 Å². The highest BCUT2D eigenvalue weighted by molar-refractivity contribution is 7.00. The Balaban J connectivity index is 2.75. The molecule has 13 heavy (non-hydrogen) atoms. The first-order valence-electron chi connectivity index (χ1n) is 3.62. The second-order valence-electron chi connectivity index (χ2n) is 2.59. The predicted molar refractivity (Wildman–Crippen MR) is 49.9 cm³/mol. The van der Waals surface area contributed by atoms with Gasteiger partial charge in [-0.05, 0) is 24.6 Å². The molecule has 0 saturated heterocycles. The van der Waals surface area contributed by atoms with Gasteiger partial charge in [0.05, 0.1) is 17.4 Å². The van der Waals surface area contributed by atoms with Crippen molar-refractivity contribution in [2.24, 2.45) is 4.99 Å². The van der Waals surface area contributed by atoms with Crippen molar-refractivity contribution >= 4 is 34.5 Å². The van der Waals surface area contributed by atoms with Crippen molar-refractivity contribution in [3.05, 3.63) is 17.7 Å². The van der Waals surface area contributed by atoms with Gasteiger partial charge in [-0.15, -0.1) is 0 Å². The number of carbonyl (C=O) groups excluding carboxylic acids is 1. The van der Waals surface area contributed by atoms with E-state index in [4.69, 9.17) is 0 Å². The smallest absolute Gasteiger partial charge is 0.211 e. The molecule has 0 unspecified atom stereocenters. The van der Waals surface area contributed by atoms with Gasteiger partial charge in [-0.2, -0.15) is 13.7 Å². The number of nitrogens with zero attached hydrogens (tertiary/aromatic N) is 3. The minimum absolute atomic E-state index is 0.607. The summed E-state index contributed by atoms with van der Waals surface area (Å²) in [6.07, 6.45) is 1.51. The molecule has 0 aliphatic rings. The van der Waals surface area contributed by atoms with Gasteiger partial charge in [0.25, 0.3) is 0 Å². The molecule has 1 aromatic heterocycles. The van der Waals surface area contributed by atoms with Gasteiger partial charge in [0.2, 0.25) is 6.08 Å². The van der Waals surface area contributed by atoms with E-state index in [1.165, 1.54) is 6.08 Å². The highest BCUT2D eigenvalue weighted by Crippen LogP contribution is 2.23. The van der Waals surface area contributed by atoms with Crippen LogP contribution >= 0.6 is 11.7 Å². The summed E-state index contributed by atoms with van der Waals surface area (Å²) in [5.41, 5.74) is 3.12. The monoisotopic (exact) mass is 191 g/mol. The molecule has 0 saturated carbocycles. The van der Waals surface area contributed by atoms with Crippen molar-refractivity contribution in [2.75, 3.05) is 0 Å². The Kier molecular flexibility index (Phi) is 1.88. The minimum Gasteiger partial charge on any atom is -0.211 e. The van der Waals surface area contributed by atoms with Crippen molar-refractivity contribution < 1.29 is 4.79 Å². The Bertz CT molecular complexity index is 499. The fourth-order valence-electron chi connectivity index (χ4n) is 1.09. The predicted octanol–water partition coefficient (Wildman–Crippen LogP) is 1.97. The van der Waals surface area contributed by atoms with Crippen molar-refractivity contribution in [3.8, 4) is 0 Å². The molecule has 1 aromatic carbocycles. The summed E-state index contributed by atoms with van der Waals surface area (Å²) in [7, 11) is 0. The number of aliphatic imine (C=N–C) groups is 1. The van der Waals surface area contributed by atoms with E-state index in [2.05, 4.69) is 13.7 Å². The number of aryl methyl sites for hydroxylation is 1. The van der Waals surface area contributed by atoms with Gasteiger partial charge in [0.15, 0.2) is 0 Å². The van der Waals surface area contributed by atoms with Crippen LogP contribution in [0.25, 0.3) is 11.0 Å². The van der Waals surface area contributed by atoms with E-state index >= 15 is 0 Å². The van der Waals surface area contributed by atoms with E-state index in [1.807, 2.05) is 13.0 Å². The van der Waals surface area contributed by atoms with E-state index < -0.39 is 0 Å². The van der Waals surface area contributed by atoms with Crippen LogP contribution in [-0.2, 0) is 4.79 Å². The summed E-state index contributed by atoms with van der Waals surface area (Å²) >= 11 is 1.15. The second kappa shape index (κ2) is 3.05. The van der Waals surface area contributed by atoms with Gasteiger partial charge >= 0.3 is 0 Å². The summed E-state index contributed by atoms with van der Waals surface area (Å²) in [5, 5.41) is 0. The molecule has 2 rings (SSSR count). The molecule has 4 nitrogen and oxygen atoms in total. The van der Waals surface area contributed by atoms with Crippen LogP contribution in [0.1, 0.15) is 5.56 Å². The van der Waals surface area contributed by atoms with E-state index in [1.54, 1.807) is 6.07 Å². The molecular weight excluding hydrogens is 186 g/mol. The molecule has 0 aliphatic heterocycles. The van der Waals surface area contributed by atoms with Crippen molar-refractivity contribution in [1.29, 1.82) is 0 Å². The zero-order valence-electron chi connectivity index (χ0n) is 6.81. The zero-order chi connectivity index (χ0) is 9.26. The van der Waals surface area contributed by atoms with Crippen LogP contribution in [-0.4, -0.2) is 14.8 Å². The first kappa shape index (κ1) is 8.04. The van der Waals surface area contributed by atoms with Crippen LogP contribution < -0.4 is 0 Å². The quantitative estimate of drug-likeness (QED) is 0.511. The minimum atomic E-state index is 0.607. The average molecular weight is 191 g/mol. The van der Waals surface area contributed by atoms with Gasteiger partial charge in [0.1, 0.15) is 11.0 Å². The lowest BCUT2D eigenvalue weighted by molar-refractivity contribution is 0.565. The van der Waals surface area contributed by atoms with Crippen LogP contribution in [0.5, 0.6) is 0 Å². The summed E-state index contributed by atoms with van der Waals surface area (Å²) in [4.78, 5) is 13.6. The Labute approximate surface area is 78.3 Å². The topological polar surface area (TPSA) is 55.2 Å². The molecule has 5 heteroatoms. The SMILES string of the molecule is Cc1cc2nsnc2cc1N=C=O. The van der Waals surface area contributed by atoms with Crippen molar-refractivity contribution in [2.45, 2.75) is 6.92 Å². The van der Waals surface area contributed by atoms with Crippen LogP contribution in [0.2, 0.25) is 0 Å². The second-order valence-corrected chi connectivity index (χ2v) is 3.12. The zero-order valence-corrected chi connectivity index (χ0v) is 7.63. The van der Waals surface area contributed by atoms with E-state index in [-0.39, 0.29) is 0 Å². The molecule has 0 N–H and O–H groups in total. The summed E-state index contributed by atoms with van der Waals surface area (Å²) in [5.74, 6) is 0. The highest BCUT2D eigenvalue weighted by atomic mass is 32.1. The maximum absolute atomic E-state index is 10.1. The van der Waals surface area contributed by atoms with Crippen LogP contribution in [0, 0.1) is 6.92 Å². The van der Waals surface area contributed by atoms with Gasteiger partial charge in [-0.25, -0.2) is 4.79 Å². The lowest BCUT2D eigenvalue weighted by Crippen LogP contribution is -1.76. The third-order valence-corrected chi connectivity index (χ3v) is 2.29. The van der Waals surface area contributed by atoms with Crippen molar-refractivity contribution in [1.82, 2.24) is 8.75 Å². The molecule has 0 amide bonds. The number of fused-ring (bicyclic) bond motifs is 1. The van der Waals surface area contributed by atoms with Crippen LogP contribution in [0.4, 0.5) is 5.69 Å². The number of rotatable bonds is 1. The Morgan fingerprint density at radius 3 is 2.77 bits per heavy atom. The Morgan fingerprint density at radius 1 is 1.38 bits per heavy atom.